The molecule has 1 aromatic rings. The van der Waals surface area contributed by atoms with Gasteiger partial charge in [-0.3, -0.25) is 0 Å². The van der Waals surface area contributed by atoms with E-state index in [0.29, 0.717) is 18.1 Å². The SMILES string of the molecule is CC(C)c1ccc(C2CO2)c(F)c1. The summed E-state index contributed by atoms with van der Waals surface area (Å²) in [5, 5.41) is 0. The van der Waals surface area contributed by atoms with Gasteiger partial charge in [-0.2, -0.15) is 0 Å². The van der Waals surface area contributed by atoms with E-state index in [-0.39, 0.29) is 11.9 Å². The number of ether oxygens (including phenoxy) is 1. The fraction of sp³-hybridized carbons (Fsp3) is 0.455. The second-order valence-corrected chi connectivity index (χ2v) is 3.76. The first-order valence-electron chi connectivity index (χ1n) is 4.59. The molecule has 0 saturated carbocycles. The first-order valence-corrected chi connectivity index (χ1v) is 4.59. The molecule has 0 N–H and O–H groups in total. The van der Waals surface area contributed by atoms with Gasteiger partial charge in [0, 0.05) is 5.56 Å². The Hall–Kier alpha value is -0.890. The third kappa shape index (κ3) is 1.73. The van der Waals surface area contributed by atoms with Gasteiger partial charge in [-0.05, 0) is 17.5 Å². The van der Waals surface area contributed by atoms with E-state index in [1.807, 2.05) is 12.1 Å². The molecule has 1 saturated heterocycles. The quantitative estimate of drug-likeness (QED) is 0.637. The van der Waals surface area contributed by atoms with Crippen LogP contribution in [0.15, 0.2) is 18.2 Å². The summed E-state index contributed by atoms with van der Waals surface area (Å²) >= 11 is 0. The van der Waals surface area contributed by atoms with Crippen LogP contribution in [-0.2, 0) is 4.74 Å². The summed E-state index contributed by atoms with van der Waals surface area (Å²) in [6, 6.07) is 5.43. The minimum Gasteiger partial charge on any atom is -0.368 e. The third-order valence-electron chi connectivity index (χ3n) is 2.37. The second kappa shape index (κ2) is 3.11. The van der Waals surface area contributed by atoms with Crippen molar-refractivity contribution in [1.82, 2.24) is 0 Å². The molecule has 1 atom stereocenters. The Morgan fingerprint density at radius 2 is 2.15 bits per heavy atom. The first kappa shape index (κ1) is 8.70. The molecule has 0 radical (unpaired) electrons. The van der Waals surface area contributed by atoms with E-state index in [0.717, 1.165) is 5.56 Å². The fourth-order valence-corrected chi connectivity index (χ4v) is 1.39. The van der Waals surface area contributed by atoms with Crippen molar-refractivity contribution in [2.24, 2.45) is 0 Å². The van der Waals surface area contributed by atoms with E-state index in [9.17, 15) is 4.39 Å². The van der Waals surface area contributed by atoms with E-state index >= 15 is 0 Å². The number of halogens is 1. The van der Waals surface area contributed by atoms with Gasteiger partial charge in [-0.15, -0.1) is 0 Å². The zero-order valence-electron chi connectivity index (χ0n) is 7.88. The van der Waals surface area contributed by atoms with Gasteiger partial charge in [-0.1, -0.05) is 26.0 Å². The van der Waals surface area contributed by atoms with Crippen LogP contribution in [-0.4, -0.2) is 6.61 Å². The van der Waals surface area contributed by atoms with E-state index in [4.69, 9.17) is 4.74 Å². The Morgan fingerprint density at radius 3 is 2.62 bits per heavy atom. The maximum atomic E-state index is 13.4. The second-order valence-electron chi connectivity index (χ2n) is 3.76. The molecule has 0 amide bonds. The monoisotopic (exact) mass is 180 g/mol. The molecule has 0 bridgehead atoms. The maximum absolute atomic E-state index is 13.4. The lowest BCUT2D eigenvalue weighted by molar-refractivity contribution is 0.407. The van der Waals surface area contributed by atoms with Crippen LogP contribution in [0.4, 0.5) is 4.39 Å². The highest BCUT2D eigenvalue weighted by molar-refractivity contribution is 5.29. The van der Waals surface area contributed by atoms with Gasteiger partial charge in [0.2, 0.25) is 0 Å². The van der Waals surface area contributed by atoms with Crippen molar-refractivity contribution < 1.29 is 9.13 Å². The molecular formula is C11H13FO. The van der Waals surface area contributed by atoms with E-state index in [1.165, 1.54) is 0 Å². The summed E-state index contributed by atoms with van der Waals surface area (Å²) in [4.78, 5) is 0. The van der Waals surface area contributed by atoms with Crippen LogP contribution >= 0.6 is 0 Å². The minimum atomic E-state index is -0.131. The molecule has 2 heteroatoms. The van der Waals surface area contributed by atoms with Gasteiger partial charge in [0.1, 0.15) is 11.9 Å². The van der Waals surface area contributed by atoms with E-state index in [1.54, 1.807) is 6.07 Å². The first-order chi connectivity index (χ1) is 6.18. The standard InChI is InChI=1S/C11H13FO/c1-7(2)8-3-4-9(10(12)5-8)11-6-13-11/h3-5,7,11H,6H2,1-2H3. The van der Waals surface area contributed by atoms with Crippen molar-refractivity contribution >= 4 is 0 Å². The van der Waals surface area contributed by atoms with Crippen molar-refractivity contribution in [2.45, 2.75) is 25.9 Å². The highest BCUT2D eigenvalue weighted by Crippen LogP contribution is 2.32. The van der Waals surface area contributed by atoms with Crippen molar-refractivity contribution in [3.05, 3.63) is 35.1 Å². The summed E-state index contributed by atoms with van der Waals surface area (Å²) in [6.07, 6.45) is 0.0150. The van der Waals surface area contributed by atoms with Crippen molar-refractivity contribution in [3.8, 4) is 0 Å². The summed E-state index contributed by atoms with van der Waals surface area (Å²) in [7, 11) is 0. The smallest absolute Gasteiger partial charge is 0.129 e. The van der Waals surface area contributed by atoms with Crippen LogP contribution in [0.2, 0.25) is 0 Å². The average Bonchev–Trinajstić information content (AvgIpc) is 2.87. The predicted octanol–water partition coefficient (Wildman–Crippen LogP) is 3.02. The lowest BCUT2D eigenvalue weighted by Gasteiger charge is -2.06. The van der Waals surface area contributed by atoms with E-state index in [2.05, 4.69) is 13.8 Å². The molecule has 1 nitrogen and oxygen atoms in total. The predicted molar refractivity (Wildman–Crippen MR) is 49.2 cm³/mol. The van der Waals surface area contributed by atoms with Crippen molar-refractivity contribution in [3.63, 3.8) is 0 Å². The summed E-state index contributed by atoms with van der Waals surface area (Å²) in [6.45, 7) is 4.78. The Bertz CT molecular complexity index is 316. The van der Waals surface area contributed by atoms with Crippen LogP contribution in [0, 0.1) is 5.82 Å². The topological polar surface area (TPSA) is 12.5 Å². The molecule has 13 heavy (non-hydrogen) atoms. The molecule has 70 valence electrons. The fourth-order valence-electron chi connectivity index (χ4n) is 1.39. The Labute approximate surface area is 77.5 Å². The molecule has 1 aliphatic rings. The van der Waals surface area contributed by atoms with Crippen LogP contribution in [0.25, 0.3) is 0 Å². The van der Waals surface area contributed by atoms with Gasteiger partial charge < -0.3 is 4.74 Å². The van der Waals surface area contributed by atoms with Gasteiger partial charge in [0.25, 0.3) is 0 Å². The highest BCUT2D eigenvalue weighted by atomic mass is 19.1. The Morgan fingerprint density at radius 1 is 1.46 bits per heavy atom. The average molecular weight is 180 g/mol. The lowest BCUT2D eigenvalue weighted by Crippen LogP contribution is -1.93. The lowest BCUT2D eigenvalue weighted by atomic mass is 10.0. The number of benzene rings is 1. The molecule has 0 aromatic heterocycles. The normalized spacial score (nSPS) is 20.8. The molecule has 0 aliphatic carbocycles. The zero-order valence-corrected chi connectivity index (χ0v) is 7.88. The number of hydrogen-bond donors (Lipinski definition) is 0. The van der Waals surface area contributed by atoms with Crippen LogP contribution in [0.1, 0.15) is 37.0 Å². The van der Waals surface area contributed by atoms with Gasteiger partial charge >= 0.3 is 0 Å². The third-order valence-corrected chi connectivity index (χ3v) is 2.37. The molecule has 1 unspecified atom stereocenters. The molecule has 0 spiro atoms. The summed E-state index contributed by atoms with van der Waals surface area (Å²) < 4.78 is 18.5. The van der Waals surface area contributed by atoms with Crippen molar-refractivity contribution in [2.75, 3.05) is 6.61 Å². The van der Waals surface area contributed by atoms with Crippen molar-refractivity contribution in [1.29, 1.82) is 0 Å². The highest BCUT2D eigenvalue weighted by Gasteiger charge is 2.27. The number of rotatable bonds is 2. The van der Waals surface area contributed by atoms with Crippen LogP contribution < -0.4 is 0 Å². The molecule has 1 aliphatic heterocycles. The van der Waals surface area contributed by atoms with Crippen LogP contribution in [0.5, 0.6) is 0 Å². The summed E-state index contributed by atoms with van der Waals surface area (Å²) in [5.41, 5.74) is 1.74. The zero-order chi connectivity index (χ0) is 9.42. The molecular weight excluding hydrogens is 167 g/mol. The number of hydrogen-bond acceptors (Lipinski definition) is 1. The molecule has 2 rings (SSSR count). The van der Waals surface area contributed by atoms with Crippen LogP contribution in [0.3, 0.4) is 0 Å². The van der Waals surface area contributed by atoms with E-state index < -0.39 is 0 Å². The maximum Gasteiger partial charge on any atom is 0.129 e. The summed E-state index contributed by atoms with van der Waals surface area (Å²) in [5.74, 6) is 0.248. The Kier molecular flexibility index (Phi) is 2.08. The minimum absolute atomic E-state index is 0.0150. The van der Waals surface area contributed by atoms with Gasteiger partial charge in [-0.25, -0.2) is 4.39 Å². The molecule has 1 fully saturated rings. The largest absolute Gasteiger partial charge is 0.368 e. The molecule has 1 heterocycles. The van der Waals surface area contributed by atoms with Gasteiger partial charge in [0.15, 0.2) is 0 Å². The Balaban J connectivity index is 2.31. The number of epoxide rings is 1. The molecule has 1 aromatic carbocycles. The van der Waals surface area contributed by atoms with Gasteiger partial charge in [0.05, 0.1) is 6.61 Å².